The first kappa shape index (κ1) is 36.9. The SMILES string of the molecule is CCCOc1ccc(-c2cnc(-c3ccc(C[C@H](NC(=O)c4ccc(C(C)(C)C)s4)C(=O)NC(C(=O)O)C(O)c4ccccc4)cc3)nc2)cc1. The number of hydrogen-bond donors (Lipinski definition) is 4. The zero-order valence-electron chi connectivity index (χ0n) is 29.0. The highest BCUT2D eigenvalue weighted by Gasteiger charge is 2.33. The molecule has 3 atom stereocenters. The van der Waals surface area contributed by atoms with Crippen molar-refractivity contribution in [3.05, 3.63) is 124 Å². The van der Waals surface area contributed by atoms with Crippen molar-refractivity contribution in [1.29, 1.82) is 0 Å². The van der Waals surface area contributed by atoms with Gasteiger partial charge in [0.05, 0.1) is 11.5 Å². The number of carboxylic acids is 1. The number of hydrogen-bond acceptors (Lipinski definition) is 8. The maximum atomic E-state index is 13.7. The Hall–Kier alpha value is -5.39. The number of benzene rings is 3. The molecule has 10 nitrogen and oxygen atoms in total. The predicted octanol–water partition coefficient (Wildman–Crippen LogP) is 6.60. The number of carbonyl (C=O) groups excluding carboxylic acids is 2. The average Bonchev–Trinajstić information content (AvgIpc) is 3.65. The van der Waals surface area contributed by atoms with Crippen LogP contribution in [0.2, 0.25) is 0 Å². The molecule has 264 valence electrons. The van der Waals surface area contributed by atoms with Gasteiger partial charge in [-0.2, -0.15) is 0 Å². The molecule has 0 spiro atoms. The maximum Gasteiger partial charge on any atom is 0.329 e. The molecule has 0 fully saturated rings. The van der Waals surface area contributed by atoms with Crippen LogP contribution in [-0.2, 0) is 21.4 Å². The zero-order valence-corrected chi connectivity index (χ0v) is 29.8. The molecule has 51 heavy (non-hydrogen) atoms. The minimum absolute atomic E-state index is 0.0564. The lowest BCUT2D eigenvalue weighted by molar-refractivity contribution is -0.145. The Morgan fingerprint density at radius 2 is 1.47 bits per heavy atom. The first-order chi connectivity index (χ1) is 24.4. The van der Waals surface area contributed by atoms with E-state index in [0.29, 0.717) is 28.4 Å². The maximum absolute atomic E-state index is 13.7. The Kier molecular flexibility index (Phi) is 12.0. The van der Waals surface area contributed by atoms with Crippen LogP contribution in [0.1, 0.15) is 65.9 Å². The summed E-state index contributed by atoms with van der Waals surface area (Å²) < 4.78 is 5.67. The number of aliphatic hydroxyl groups excluding tert-OH is 1. The molecule has 0 bridgehead atoms. The number of carbonyl (C=O) groups is 3. The lowest BCUT2D eigenvalue weighted by atomic mass is 9.95. The fourth-order valence-corrected chi connectivity index (χ4v) is 6.26. The number of thiophene rings is 1. The van der Waals surface area contributed by atoms with Crippen LogP contribution >= 0.6 is 11.3 Å². The number of nitrogens with one attached hydrogen (secondary N) is 2. The lowest BCUT2D eigenvalue weighted by Crippen LogP contribution is -2.54. The van der Waals surface area contributed by atoms with Gasteiger partial charge in [-0.3, -0.25) is 9.59 Å². The first-order valence-electron chi connectivity index (χ1n) is 16.7. The fraction of sp³-hybridized carbons (Fsp3) is 0.275. The summed E-state index contributed by atoms with van der Waals surface area (Å²) in [6.07, 6.45) is 2.99. The number of aliphatic hydroxyl groups is 1. The van der Waals surface area contributed by atoms with Crippen LogP contribution in [0.5, 0.6) is 5.75 Å². The summed E-state index contributed by atoms with van der Waals surface area (Å²) >= 11 is 1.33. The second kappa shape index (κ2) is 16.5. The number of aliphatic carboxylic acids is 1. The Balaban J connectivity index is 1.33. The van der Waals surface area contributed by atoms with Crippen molar-refractivity contribution in [3.63, 3.8) is 0 Å². The Bertz CT molecular complexity index is 1920. The summed E-state index contributed by atoms with van der Waals surface area (Å²) in [6, 6.07) is 24.1. The van der Waals surface area contributed by atoms with Gasteiger partial charge in [-0.15, -0.1) is 11.3 Å². The third-order valence-electron chi connectivity index (χ3n) is 8.18. The van der Waals surface area contributed by atoms with E-state index < -0.39 is 36.0 Å². The van der Waals surface area contributed by atoms with Crippen molar-refractivity contribution < 1.29 is 29.3 Å². The Morgan fingerprint density at radius 3 is 2.06 bits per heavy atom. The second-order valence-corrected chi connectivity index (χ2v) is 14.3. The average molecular weight is 707 g/mol. The van der Waals surface area contributed by atoms with Crippen molar-refractivity contribution in [2.75, 3.05) is 6.61 Å². The highest BCUT2D eigenvalue weighted by atomic mass is 32.1. The molecular formula is C40H42N4O6S. The molecule has 2 amide bonds. The number of amides is 2. The van der Waals surface area contributed by atoms with Gasteiger partial charge >= 0.3 is 5.97 Å². The molecule has 4 N–H and O–H groups in total. The van der Waals surface area contributed by atoms with Gasteiger partial charge in [-0.25, -0.2) is 14.8 Å². The molecule has 0 saturated carbocycles. The molecule has 3 aromatic carbocycles. The van der Waals surface area contributed by atoms with Crippen molar-refractivity contribution in [2.24, 2.45) is 0 Å². The van der Waals surface area contributed by atoms with E-state index in [1.54, 1.807) is 48.8 Å². The third kappa shape index (κ3) is 9.65. The van der Waals surface area contributed by atoms with Crippen LogP contribution in [-0.4, -0.2) is 56.7 Å². The minimum Gasteiger partial charge on any atom is -0.494 e. The third-order valence-corrected chi connectivity index (χ3v) is 9.69. The molecule has 0 aliphatic heterocycles. The van der Waals surface area contributed by atoms with Crippen LogP contribution < -0.4 is 15.4 Å². The van der Waals surface area contributed by atoms with Gasteiger partial charge in [0.25, 0.3) is 5.91 Å². The van der Waals surface area contributed by atoms with Crippen LogP contribution in [0.3, 0.4) is 0 Å². The molecule has 11 heteroatoms. The number of rotatable bonds is 14. The summed E-state index contributed by atoms with van der Waals surface area (Å²) in [5.41, 5.74) is 3.45. The highest BCUT2D eigenvalue weighted by molar-refractivity contribution is 7.14. The van der Waals surface area contributed by atoms with E-state index >= 15 is 0 Å². The number of nitrogens with zero attached hydrogens (tertiary/aromatic N) is 2. The van der Waals surface area contributed by atoms with E-state index in [9.17, 15) is 24.6 Å². The second-order valence-electron chi connectivity index (χ2n) is 13.2. The van der Waals surface area contributed by atoms with Gasteiger partial charge in [0.1, 0.15) is 17.9 Å². The van der Waals surface area contributed by atoms with E-state index in [1.165, 1.54) is 11.3 Å². The number of carboxylic acid groups (broad SMARTS) is 1. The lowest BCUT2D eigenvalue weighted by Gasteiger charge is -2.24. The van der Waals surface area contributed by atoms with Gasteiger partial charge in [0.15, 0.2) is 11.9 Å². The van der Waals surface area contributed by atoms with Crippen LogP contribution in [0, 0.1) is 0 Å². The van der Waals surface area contributed by atoms with E-state index in [-0.39, 0.29) is 11.8 Å². The Morgan fingerprint density at radius 1 is 0.824 bits per heavy atom. The largest absolute Gasteiger partial charge is 0.494 e. The number of ether oxygens (including phenoxy) is 1. The van der Waals surface area contributed by atoms with E-state index in [1.807, 2.05) is 75.4 Å². The predicted molar refractivity (Wildman–Crippen MR) is 198 cm³/mol. The summed E-state index contributed by atoms with van der Waals surface area (Å²) in [5.74, 6) is -1.29. The summed E-state index contributed by atoms with van der Waals surface area (Å²) in [4.78, 5) is 49.9. The van der Waals surface area contributed by atoms with Crippen molar-refractivity contribution >= 4 is 29.1 Å². The van der Waals surface area contributed by atoms with E-state index in [0.717, 1.165) is 33.7 Å². The van der Waals surface area contributed by atoms with Crippen molar-refractivity contribution in [2.45, 2.75) is 64.1 Å². The zero-order chi connectivity index (χ0) is 36.5. The number of aromatic nitrogens is 2. The van der Waals surface area contributed by atoms with E-state index in [2.05, 4.69) is 27.5 Å². The topological polar surface area (TPSA) is 151 Å². The molecule has 2 unspecified atom stereocenters. The van der Waals surface area contributed by atoms with Crippen LogP contribution in [0.4, 0.5) is 0 Å². The molecule has 0 radical (unpaired) electrons. The summed E-state index contributed by atoms with van der Waals surface area (Å²) in [6.45, 7) is 8.87. The molecule has 2 aromatic heterocycles. The molecule has 5 aromatic rings. The van der Waals surface area contributed by atoms with Gasteiger partial charge in [0, 0.05) is 34.8 Å². The van der Waals surface area contributed by atoms with Gasteiger partial charge in [-0.1, -0.05) is 94.4 Å². The standard InChI is InChI=1S/C40H42N4O6S/c1-5-21-50-30-17-15-26(16-18-30)29-23-41-36(42-24-29)28-13-11-25(12-14-28)22-31(43-38(47)32-19-20-33(51-32)40(2,3)4)37(46)44-34(39(48)49)35(45)27-9-7-6-8-10-27/h6-20,23-24,31,34-35,45H,5,21-22H2,1-4H3,(H,43,47)(H,44,46)(H,48,49)/t31-,34?,35?/m0/s1. The molecule has 2 heterocycles. The smallest absolute Gasteiger partial charge is 0.329 e. The summed E-state index contributed by atoms with van der Waals surface area (Å²) in [5, 5.41) is 26.1. The minimum atomic E-state index is -1.65. The Labute approximate surface area is 301 Å². The molecule has 5 rings (SSSR count). The normalized spacial score (nSPS) is 13.1. The van der Waals surface area contributed by atoms with Crippen LogP contribution in [0.15, 0.2) is 103 Å². The monoisotopic (exact) mass is 706 g/mol. The van der Waals surface area contributed by atoms with Crippen molar-refractivity contribution in [1.82, 2.24) is 20.6 Å². The van der Waals surface area contributed by atoms with Crippen LogP contribution in [0.25, 0.3) is 22.5 Å². The quantitative estimate of drug-likeness (QED) is 0.101. The van der Waals surface area contributed by atoms with Gasteiger partial charge in [-0.05, 0) is 52.8 Å². The molecule has 0 aliphatic rings. The highest BCUT2D eigenvalue weighted by Crippen LogP contribution is 2.30. The van der Waals surface area contributed by atoms with Gasteiger partial charge < -0.3 is 25.6 Å². The molecule has 0 aliphatic carbocycles. The molecule has 0 saturated heterocycles. The summed E-state index contributed by atoms with van der Waals surface area (Å²) in [7, 11) is 0. The first-order valence-corrected chi connectivity index (χ1v) is 17.6. The van der Waals surface area contributed by atoms with E-state index in [4.69, 9.17) is 4.74 Å². The van der Waals surface area contributed by atoms with Gasteiger partial charge in [0.2, 0.25) is 5.91 Å². The fourth-order valence-electron chi connectivity index (χ4n) is 5.29. The molecular weight excluding hydrogens is 665 g/mol. The van der Waals surface area contributed by atoms with Crippen molar-refractivity contribution in [3.8, 4) is 28.3 Å².